The highest BCUT2D eigenvalue weighted by Crippen LogP contribution is 2.43. The first-order chi connectivity index (χ1) is 28.1. The maximum atomic E-state index is 12.6. The van der Waals surface area contributed by atoms with Crippen molar-refractivity contribution in [1.29, 1.82) is 0 Å². The average Bonchev–Trinajstić information content (AvgIpc) is 3.21. The lowest BCUT2D eigenvalue weighted by Crippen LogP contribution is -2.29. The fraction of sp³-hybridized carbons (Fsp3) is 0.565. The number of hydrogen-bond donors (Lipinski definition) is 4. The maximum Gasteiger partial charge on any atom is 0.472 e. The van der Waals surface area contributed by atoms with Crippen molar-refractivity contribution >= 4 is 19.8 Å². The number of aliphatic hydroxyl groups is 3. The van der Waals surface area contributed by atoms with E-state index in [0.29, 0.717) is 25.7 Å². The van der Waals surface area contributed by atoms with Gasteiger partial charge in [0.2, 0.25) is 0 Å². The molecule has 0 bridgehead atoms. The second-order valence-electron chi connectivity index (χ2n) is 13.4. The standard InChI is InChI=1S/C46H73O11P/c1-3-5-6-7-8-9-10-11-12-13-14-18-21-24-27-30-33-36-45(50)54-40-44(41-56-58(52,53)55-39-43(49)38-47)57-46(51)37-34-31-28-25-22-19-16-15-17-20-23-26-29-32-35-42(48)4-2/h5-6,8-9,11-12,14,16-20,25-26,28-29,32,35,42-44,47-49H,3-4,7,10,13,15,21-24,27,30-31,33-34,36-41H2,1-2H3,(H,52,53)/b6-5-,9-8-,12-11-,18-14-,19-16-,20-17-,28-25-,29-26-,35-32+/t42-,43+,44-/m1/s1. The Kier molecular flexibility index (Phi) is 38.0. The lowest BCUT2D eigenvalue weighted by Gasteiger charge is -2.20. The quantitative estimate of drug-likeness (QED) is 0.0155. The van der Waals surface area contributed by atoms with Gasteiger partial charge in [-0.3, -0.25) is 18.6 Å². The Labute approximate surface area is 348 Å². The molecule has 0 radical (unpaired) electrons. The van der Waals surface area contributed by atoms with Crippen LogP contribution in [0.2, 0.25) is 0 Å². The summed E-state index contributed by atoms with van der Waals surface area (Å²) in [5.41, 5.74) is 0. The van der Waals surface area contributed by atoms with Gasteiger partial charge in [0.15, 0.2) is 6.10 Å². The van der Waals surface area contributed by atoms with Crippen molar-refractivity contribution in [3.63, 3.8) is 0 Å². The average molecular weight is 833 g/mol. The van der Waals surface area contributed by atoms with Crippen LogP contribution in [0.15, 0.2) is 109 Å². The van der Waals surface area contributed by atoms with E-state index >= 15 is 0 Å². The smallest absolute Gasteiger partial charge is 0.462 e. The summed E-state index contributed by atoms with van der Waals surface area (Å²) in [5.74, 6) is -1.05. The van der Waals surface area contributed by atoms with E-state index < -0.39 is 57.9 Å². The monoisotopic (exact) mass is 832 g/mol. The summed E-state index contributed by atoms with van der Waals surface area (Å²) in [5, 5.41) is 27.8. The van der Waals surface area contributed by atoms with Gasteiger partial charge in [-0.25, -0.2) is 4.57 Å². The van der Waals surface area contributed by atoms with Gasteiger partial charge in [0.25, 0.3) is 0 Å². The van der Waals surface area contributed by atoms with Crippen LogP contribution in [0.5, 0.6) is 0 Å². The second-order valence-corrected chi connectivity index (χ2v) is 14.9. The molecule has 0 saturated heterocycles. The summed E-state index contributed by atoms with van der Waals surface area (Å²) in [6.07, 6.45) is 47.2. The van der Waals surface area contributed by atoms with Gasteiger partial charge in [-0.1, -0.05) is 136 Å². The molecule has 0 aliphatic carbocycles. The second kappa shape index (κ2) is 40.4. The zero-order valence-corrected chi connectivity index (χ0v) is 36.0. The minimum absolute atomic E-state index is 0.0791. The first kappa shape index (κ1) is 54.6. The fourth-order valence-corrected chi connectivity index (χ4v) is 5.52. The Morgan fingerprint density at radius 1 is 0.586 bits per heavy atom. The van der Waals surface area contributed by atoms with Gasteiger partial charge >= 0.3 is 19.8 Å². The normalized spacial score (nSPS) is 15.5. The predicted octanol–water partition coefficient (Wildman–Crippen LogP) is 9.97. The molecule has 11 nitrogen and oxygen atoms in total. The van der Waals surface area contributed by atoms with Crippen LogP contribution in [0, 0.1) is 0 Å². The predicted molar refractivity (Wildman–Crippen MR) is 234 cm³/mol. The van der Waals surface area contributed by atoms with Gasteiger partial charge in [-0.05, 0) is 83.5 Å². The van der Waals surface area contributed by atoms with Crippen LogP contribution in [-0.2, 0) is 32.7 Å². The molecule has 0 heterocycles. The van der Waals surface area contributed by atoms with Crippen LogP contribution < -0.4 is 0 Å². The molecule has 0 aromatic rings. The molecule has 0 aromatic carbocycles. The van der Waals surface area contributed by atoms with Gasteiger partial charge in [0.05, 0.1) is 25.9 Å². The molecule has 0 aromatic heterocycles. The fourth-order valence-electron chi connectivity index (χ4n) is 4.73. The van der Waals surface area contributed by atoms with Crippen molar-refractivity contribution < 1.29 is 52.9 Å². The van der Waals surface area contributed by atoms with E-state index in [1.54, 1.807) is 6.08 Å². The Morgan fingerprint density at radius 3 is 1.66 bits per heavy atom. The molecule has 0 aliphatic rings. The highest BCUT2D eigenvalue weighted by molar-refractivity contribution is 7.47. The molecule has 58 heavy (non-hydrogen) atoms. The molecule has 0 aliphatic heterocycles. The Morgan fingerprint density at radius 2 is 1.09 bits per heavy atom. The van der Waals surface area contributed by atoms with Crippen LogP contribution in [0.25, 0.3) is 0 Å². The summed E-state index contributed by atoms with van der Waals surface area (Å²) in [6, 6.07) is 0. The van der Waals surface area contributed by atoms with Gasteiger partial charge in [-0.2, -0.15) is 0 Å². The van der Waals surface area contributed by atoms with Crippen molar-refractivity contribution in [2.75, 3.05) is 26.4 Å². The SMILES string of the molecule is CC/C=C\C/C=C\C/C=C\C/C=C\CCCCCCC(=O)OC[C@H](COP(=O)(O)OC[C@@H](O)CO)OC(=O)CCC/C=C\C/C=C\C/C=C\C/C=C\C=C\[C@H](O)CC. The third kappa shape index (κ3) is 39.4. The van der Waals surface area contributed by atoms with E-state index in [-0.39, 0.29) is 19.4 Å². The molecule has 0 rings (SSSR count). The van der Waals surface area contributed by atoms with Crippen LogP contribution in [0.1, 0.15) is 123 Å². The molecule has 0 fully saturated rings. The topological polar surface area (TPSA) is 169 Å². The van der Waals surface area contributed by atoms with Crippen molar-refractivity contribution in [2.24, 2.45) is 0 Å². The van der Waals surface area contributed by atoms with Crippen LogP contribution in [0.3, 0.4) is 0 Å². The van der Waals surface area contributed by atoms with Crippen LogP contribution >= 0.6 is 7.82 Å². The Balaban J connectivity index is 4.50. The summed E-state index contributed by atoms with van der Waals surface area (Å²) in [6.45, 7) is 1.79. The molecule has 0 amide bonds. The number of hydrogen-bond acceptors (Lipinski definition) is 10. The highest BCUT2D eigenvalue weighted by Gasteiger charge is 2.27. The van der Waals surface area contributed by atoms with E-state index in [0.717, 1.165) is 70.6 Å². The van der Waals surface area contributed by atoms with Gasteiger partial charge in [0, 0.05) is 12.8 Å². The van der Waals surface area contributed by atoms with Crippen LogP contribution in [-0.4, -0.2) is 76.9 Å². The summed E-state index contributed by atoms with van der Waals surface area (Å²) >= 11 is 0. The number of carbonyl (C=O) groups excluding carboxylic acids is 2. The molecule has 328 valence electrons. The summed E-state index contributed by atoms with van der Waals surface area (Å²) < 4.78 is 32.6. The molecule has 4 N–H and O–H groups in total. The minimum Gasteiger partial charge on any atom is -0.462 e. The highest BCUT2D eigenvalue weighted by atomic mass is 31.2. The van der Waals surface area contributed by atoms with Crippen molar-refractivity contribution in [1.82, 2.24) is 0 Å². The lowest BCUT2D eigenvalue weighted by atomic mass is 10.1. The Hall–Kier alpha value is -3.41. The first-order valence-corrected chi connectivity index (χ1v) is 22.4. The molecule has 12 heteroatoms. The van der Waals surface area contributed by atoms with Gasteiger partial charge in [-0.15, -0.1) is 0 Å². The molecule has 0 spiro atoms. The number of esters is 2. The largest absolute Gasteiger partial charge is 0.472 e. The molecular weight excluding hydrogens is 759 g/mol. The van der Waals surface area contributed by atoms with Crippen molar-refractivity contribution in [3.8, 4) is 0 Å². The van der Waals surface area contributed by atoms with Crippen LogP contribution in [0.4, 0.5) is 0 Å². The molecule has 4 atom stereocenters. The van der Waals surface area contributed by atoms with Crippen molar-refractivity contribution in [2.45, 2.75) is 141 Å². The van der Waals surface area contributed by atoms with E-state index in [1.165, 1.54) is 0 Å². The van der Waals surface area contributed by atoms with E-state index in [4.69, 9.17) is 19.1 Å². The number of phosphoric acid groups is 1. The zero-order chi connectivity index (χ0) is 42.8. The number of carbonyl (C=O) groups is 2. The number of ether oxygens (including phenoxy) is 2. The number of unbranched alkanes of at least 4 members (excludes halogenated alkanes) is 5. The third-order valence-corrected chi connectivity index (χ3v) is 9.03. The van der Waals surface area contributed by atoms with E-state index in [2.05, 4.69) is 84.4 Å². The van der Waals surface area contributed by atoms with Gasteiger partial charge in [0.1, 0.15) is 12.7 Å². The van der Waals surface area contributed by atoms with Gasteiger partial charge < -0.3 is 29.7 Å². The molecular formula is C46H73O11P. The third-order valence-electron chi connectivity index (χ3n) is 8.08. The summed E-state index contributed by atoms with van der Waals surface area (Å²) in [7, 11) is -4.66. The van der Waals surface area contributed by atoms with E-state index in [1.807, 2.05) is 37.3 Å². The number of aliphatic hydroxyl groups excluding tert-OH is 3. The first-order valence-electron chi connectivity index (χ1n) is 21.0. The molecule has 1 unspecified atom stereocenters. The Bertz CT molecular complexity index is 1340. The zero-order valence-electron chi connectivity index (χ0n) is 35.1. The lowest BCUT2D eigenvalue weighted by molar-refractivity contribution is -0.161. The van der Waals surface area contributed by atoms with E-state index in [9.17, 15) is 29.3 Å². The van der Waals surface area contributed by atoms with Crippen molar-refractivity contribution in [3.05, 3.63) is 109 Å². The maximum absolute atomic E-state index is 12.6. The number of allylic oxidation sites excluding steroid dienone is 17. The minimum atomic E-state index is -4.66. The molecule has 0 saturated carbocycles. The summed E-state index contributed by atoms with van der Waals surface area (Å²) in [4.78, 5) is 34.9. The number of rotatable bonds is 37. The number of phosphoric ester groups is 1.